The third-order valence-electron chi connectivity index (χ3n) is 3.70. The number of nitrogen functional groups attached to an aromatic ring is 1. The highest BCUT2D eigenvalue weighted by Gasteiger charge is 2.13. The van der Waals surface area contributed by atoms with Crippen molar-refractivity contribution in [3.8, 4) is 5.75 Å². The van der Waals surface area contributed by atoms with Crippen molar-refractivity contribution in [3.63, 3.8) is 0 Å². The van der Waals surface area contributed by atoms with Crippen LogP contribution in [0.2, 0.25) is 0 Å². The van der Waals surface area contributed by atoms with Crippen molar-refractivity contribution in [2.75, 3.05) is 29.4 Å². The number of aromatic nitrogens is 3. The summed E-state index contributed by atoms with van der Waals surface area (Å²) in [6, 6.07) is 12.9. The quantitative estimate of drug-likeness (QED) is 0.168. The Hall–Kier alpha value is -2.57. The maximum absolute atomic E-state index is 12.2. The van der Waals surface area contributed by atoms with Crippen molar-refractivity contribution in [2.45, 2.75) is 5.16 Å². The number of ether oxygens (including phenoxy) is 1. The summed E-state index contributed by atoms with van der Waals surface area (Å²) in [5.74, 6) is 6.82. The molecular weight excluding hydrogens is 538 g/mol. The van der Waals surface area contributed by atoms with Crippen LogP contribution in [0.4, 0.5) is 11.6 Å². The zero-order valence-corrected chi connectivity index (χ0v) is 19.7. The molecule has 4 N–H and O–H groups in total. The summed E-state index contributed by atoms with van der Waals surface area (Å²) >= 11 is 7.96. The van der Waals surface area contributed by atoms with Crippen LogP contribution in [0.3, 0.4) is 0 Å². The van der Waals surface area contributed by atoms with Gasteiger partial charge < -0.3 is 15.9 Å². The number of anilines is 2. The van der Waals surface area contributed by atoms with Gasteiger partial charge in [-0.15, -0.1) is 10.2 Å². The van der Waals surface area contributed by atoms with Gasteiger partial charge in [-0.05, 0) is 46.3 Å². The number of nitrogens with one attached hydrogen (secondary N) is 2. The minimum atomic E-state index is -0.191. The molecule has 0 atom stereocenters. The molecule has 0 aliphatic rings. The molecule has 0 saturated heterocycles. The van der Waals surface area contributed by atoms with E-state index in [1.165, 1.54) is 4.68 Å². The molecule has 3 aromatic rings. The number of methoxy groups -OCH3 is 1. The van der Waals surface area contributed by atoms with Gasteiger partial charge >= 0.3 is 0 Å². The average Bonchev–Trinajstić information content (AvgIpc) is 3.08. The minimum absolute atomic E-state index is 0.120. The number of rotatable bonds is 8. The lowest BCUT2D eigenvalue weighted by Crippen LogP contribution is -2.17. The van der Waals surface area contributed by atoms with Crippen molar-refractivity contribution in [1.29, 1.82) is 0 Å². The third kappa shape index (κ3) is 5.74. The highest BCUT2D eigenvalue weighted by molar-refractivity contribution is 9.10. The number of benzene rings is 2. The van der Waals surface area contributed by atoms with Gasteiger partial charge in [-0.3, -0.25) is 4.79 Å². The molecule has 0 unspecified atom stereocenters. The van der Waals surface area contributed by atoms with Gasteiger partial charge in [0, 0.05) is 14.5 Å². The van der Waals surface area contributed by atoms with Crippen LogP contribution in [0.1, 0.15) is 5.56 Å². The van der Waals surface area contributed by atoms with Gasteiger partial charge in [0.15, 0.2) is 0 Å². The van der Waals surface area contributed by atoms with Gasteiger partial charge in [-0.1, -0.05) is 39.8 Å². The fourth-order valence-electron chi connectivity index (χ4n) is 2.30. The summed E-state index contributed by atoms with van der Waals surface area (Å²) in [7, 11) is 1.58. The first-order chi connectivity index (χ1) is 14.5. The molecule has 30 heavy (non-hydrogen) atoms. The fourth-order valence-corrected chi connectivity index (χ4v) is 3.72. The molecule has 1 aromatic heterocycles. The number of nitrogens with two attached hydrogens (primary N) is 1. The van der Waals surface area contributed by atoms with E-state index in [2.05, 4.69) is 57.9 Å². The van der Waals surface area contributed by atoms with Gasteiger partial charge in [0.25, 0.3) is 5.95 Å². The maximum Gasteiger partial charge on any atom is 0.264 e. The van der Waals surface area contributed by atoms with E-state index in [1.807, 2.05) is 36.4 Å². The number of hydrazone groups is 1. The standard InChI is InChI=1S/C18H17Br2N7O2S/c1-29-15-7-6-12(19)8-11(15)9-22-24-17-25-26-18(27(17)21)30-10-16(28)23-14-5-3-2-4-13(14)20/h2-9H,10,21H2,1H3,(H,23,28)(H,24,25)/b22-9+. The highest BCUT2D eigenvalue weighted by Crippen LogP contribution is 2.23. The van der Waals surface area contributed by atoms with Crippen LogP contribution in [0.15, 0.2) is 61.7 Å². The van der Waals surface area contributed by atoms with Crippen LogP contribution in [0.25, 0.3) is 0 Å². The largest absolute Gasteiger partial charge is 0.496 e. The Morgan fingerprint density at radius 3 is 2.87 bits per heavy atom. The first-order valence-electron chi connectivity index (χ1n) is 8.48. The molecule has 9 nitrogen and oxygen atoms in total. The number of thioether (sulfide) groups is 1. The molecule has 12 heteroatoms. The number of amides is 1. The Balaban J connectivity index is 1.57. The van der Waals surface area contributed by atoms with Gasteiger partial charge in [0.05, 0.1) is 24.8 Å². The summed E-state index contributed by atoms with van der Waals surface area (Å²) in [5, 5.41) is 15.2. The average molecular weight is 555 g/mol. The topological polar surface area (TPSA) is 119 Å². The second kappa shape index (κ2) is 10.5. The third-order valence-corrected chi connectivity index (χ3v) is 5.83. The normalized spacial score (nSPS) is 10.9. The lowest BCUT2D eigenvalue weighted by Gasteiger charge is -2.07. The Kier molecular flexibility index (Phi) is 7.71. The number of halogens is 2. The molecule has 0 fully saturated rings. The number of nitrogens with zero attached hydrogens (tertiary/aromatic N) is 4. The van der Waals surface area contributed by atoms with Gasteiger partial charge in [-0.25, -0.2) is 10.1 Å². The van der Waals surface area contributed by atoms with E-state index in [1.54, 1.807) is 19.4 Å². The van der Waals surface area contributed by atoms with Crippen LogP contribution in [0, 0.1) is 0 Å². The predicted octanol–water partition coefficient (Wildman–Crippen LogP) is 3.70. The lowest BCUT2D eigenvalue weighted by atomic mass is 10.2. The highest BCUT2D eigenvalue weighted by atomic mass is 79.9. The van der Waals surface area contributed by atoms with E-state index >= 15 is 0 Å². The van der Waals surface area contributed by atoms with E-state index in [0.717, 1.165) is 26.3 Å². The van der Waals surface area contributed by atoms with Crippen LogP contribution in [0.5, 0.6) is 5.75 Å². The first kappa shape index (κ1) is 22.1. The van der Waals surface area contributed by atoms with Gasteiger partial charge in [0.2, 0.25) is 11.1 Å². The lowest BCUT2D eigenvalue weighted by molar-refractivity contribution is -0.113. The SMILES string of the molecule is COc1ccc(Br)cc1/C=N/Nc1nnc(SCC(=O)Nc2ccccc2Br)n1N. The van der Waals surface area contributed by atoms with E-state index < -0.39 is 0 Å². The second-order valence-corrected chi connectivity index (χ2v) is 8.46. The number of hydrogen-bond acceptors (Lipinski definition) is 8. The molecule has 156 valence electrons. The molecule has 3 rings (SSSR count). The number of carbonyl (C=O) groups excluding carboxylic acids is 1. The number of para-hydroxylation sites is 1. The zero-order valence-electron chi connectivity index (χ0n) is 15.7. The molecule has 1 amide bonds. The summed E-state index contributed by atoms with van der Waals surface area (Å²) < 4.78 is 8.22. The maximum atomic E-state index is 12.2. The predicted molar refractivity (Wildman–Crippen MR) is 126 cm³/mol. The molecule has 0 saturated carbocycles. The van der Waals surface area contributed by atoms with Crippen LogP contribution >= 0.6 is 43.6 Å². The smallest absolute Gasteiger partial charge is 0.264 e. The van der Waals surface area contributed by atoms with Gasteiger partial charge in [-0.2, -0.15) is 5.10 Å². The van der Waals surface area contributed by atoms with Crippen molar-refractivity contribution < 1.29 is 9.53 Å². The summed E-state index contributed by atoms with van der Waals surface area (Å²) in [5.41, 5.74) is 4.19. The van der Waals surface area contributed by atoms with E-state index in [-0.39, 0.29) is 17.6 Å². The zero-order chi connectivity index (χ0) is 21.5. The minimum Gasteiger partial charge on any atom is -0.496 e. The van der Waals surface area contributed by atoms with E-state index in [9.17, 15) is 4.79 Å². The van der Waals surface area contributed by atoms with Gasteiger partial charge in [0.1, 0.15) is 5.75 Å². The Bertz CT molecular complexity index is 1070. The van der Waals surface area contributed by atoms with Crippen LogP contribution < -0.4 is 21.3 Å². The van der Waals surface area contributed by atoms with Crippen molar-refractivity contribution in [1.82, 2.24) is 14.9 Å². The van der Waals surface area contributed by atoms with E-state index in [0.29, 0.717) is 16.6 Å². The molecule has 0 radical (unpaired) electrons. The second-order valence-electron chi connectivity index (χ2n) is 5.75. The monoisotopic (exact) mass is 553 g/mol. The summed E-state index contributed by atoms with van der Waals surface area (Å²) in [6.07, 6.45) is 1.58. The first-order valence-corrected chi connectivity index (χ1v) is 11.1. The number of carbonyl (C=O) groups is 1. The van der Waals surface area contributed by atoms with Crippen molar-refractivity contribution in [3.05, 3.63) is 57.0 Å². The molecular formula is C18H17Br2N7O2S. The number of hydrogen-bond donors (Lipinski definition) is 3. The van der Waals surface area contributed by atoms with Crippen molar-refractivity contribution in [2.24, 2.45) is 5.10 Å². The van der Waals surface area contributed by atoms with Crippen LogP contribution in [-0.4, -0.2) is 39.9 Å². The summed E-state index contributed by atoms with van der Waals surface area (Å²) in [4.78, 5) is 12.2. The molecule has 0 spiro atoms. The Morgan fingerprint density at radius 2 is 2.10 bits per heavy atom. The Labute approximate surface area is 193 Å². The van der Waals surface area contributed by atoms with Crippen LogP contribution in [-0.2, 0) is 4.79 Å². The Morgan fingerprint density at radius 1 is 1.30 bits per heavy atom. The molecule has 1 heterocycles. The van der Waals surface area contributed by atoms with Crippen molar-refractivity contribution >= 4 is 67.4 Å². The summed E-state index contributed by atoms with van der Waals surface area (Å²) in [6.45, 7) is 0. The fraction of sp³-hybridized carbons (Fsp3) is 0.111. The van der Waals surface area contributed by atoms with E-state index in [4.69, 9.17) is 10.6 Å². The molecule has 2 aromatic carbocycles. The molecule has 0 aliphatic heterocycles. The molecule has 0 aliphatic carbocycles. The molecule has 0 bridgehead atoms.